The first kappa shape index (κ1) is 9.41. The van der Waals surface area contributed by atoms with E-state index in [4.69, 9.17) is 0 Å². The van der Waals surface area contributed by atoms with E-state index in [0.717, 1.165) is 18.7 Å². The highest BCUT2D eigenvalue weighted by molar-refractivity contribution is 5.20. The van der Waals surface area contributed by atoms with Gasteiger partial charge in [-0.3, -0.25) is 4.98 Å². The smallest absolute Gasteiger partial charge is 0.0579 e. The Bertz CT molecular complexity index is 355. The van der Waals surface area contributed by atoms with E-state index in [2.05, 4.69) is 36.3 Å². The third kappa shape index (κ3) is 2.02. The van der Waals surface area contributed by atoms with Crippen LogP contribution in [0.4, 0.5) is 0 Å². The summed E-state index contributed by atoms with van der Waals surface area (Å²) in [7, 11) is 0. The molecular weight excluding hydrogens is 172 g/mol. The molecule has 0 bridgehead atoms. The summed E-state index contributed by atoms with van der Waals surface area (Å²) in [5.74, 6) is 0. The van der Waals surface area contributed by atoms with E-state index >= 15 is 0 Å². The molecule has 1 aromatic heterocycles. The Hall–Kier alpha value is -1.15. The Morgan fingerprint density at radius 1 is 1.43 bits per heavy atom. The molecule has 74 valence electrons. The average Bonchev–Trinajstić information content (AvgIpc) is 2.18. The topological polar surface area (TPSA) is 24.9 Å². The van der Waals surface area contributed by atoms with Gasteiger partial charge in [0.25, 0.3) is 0 Å². The molecule has 2 rings (SSSR count). The minimum atomic E-state index is 0.403. The maximum Gasteiger partial charge on any atom is 0.0579 e. The Kier molecular flexibility index (Phi) is 2.64. The number of hydrogen-bond acceptors (Lipinski definition) is 2. The van der Waals surface area contributed by atoms with Gasteiger partial charge < -0.3 is 5.32 Å². The van der Waals surface area contributed by atoms with Crippen molar-refractivity contribution >= 4 is 0 Å². The monoisotopic (exact) mass is 188 g/mol. The average molecular weight is 188 g/mol. The summed E-state index contributed by atoms with van der Waals surface area (Å²) in [5.41, 5.74) is 3.90. The zero-order chi connectivity index (χ0) is 9.97. The largest absolute Gasteiger partial charge is 0.305 e. The van der Waals surface area contributed by atoms with Gasteiger partial charge in [0, 0.05) is 12.7 Å². The summed E-state index contributed by atoms with van der Waals surface area (Å²) in [5, 5.41) is 3.45. The second-order valence-corrected chi connectivity index (χ2v) is 3.97. The van der Waals surface area contributed by atoms with Crippen molar-refractivity contribution in [3.8, 4) is 0 Å². The van der Waals surface area contributed by atoms with Crippen molar-refractivity contribution in [2.24, 2.45) is 0 Å². The van der Waals surface area contributed by atoms with Crippen molar-refractivity contribution in [1.82, 2.24) is 10.3 Å². The lowest BCUT2D eigenvalue weighted by molar-refractivity contribution is 0.525. The highest BCUT2D eigenvalue weighted by atomic mass is 14.9. The van der Waals surface area contributed by atoms with Crippen LogP contribution in [0.3, 0.4) is 0 Å². The molecule has 1 atom stereocenters. The third-order valence-corrected chi connectivity index (χ3v) is 2.63. The summed E-state index contributed by atoms with van der Waals surface area (Å²) >= 11 is 0. The molecule has 0 fully saturated rings. The van der Waals surface area contributed by atoms with Gasteiger partial charge in [-0.25, -0.2) is 0 Å². The lowest BCUT2D eigenvalue weighted by Crippen LogP contribution is -2.26. The Balaban J connectivity index is 2.19. The van der Waals surface area contributed by atoms with E-state index in [1.54, 1.807) is 0 Å². The van der Waals surface area contributed by atoms with Crippen LogP contribution in [0.15, 0.2) is 30.0 Å². The molecule has 1 aliphatic heterocycles. The molecule has 0 spiro atoms. The molecule has 1 unspecified atom stereocenters. The lowest BCUT2D eigenvalue weighted by Gasteiger charge is -2.22. The summed E-state index contributed by atoms with van der Waals surface area (Å²) in [4.78, 5) is 4.41. The number of nitrogens with one attached hydrogen (secondary N) is 1. The van der Waals surface area contributed by atoms with Gasteiger partial charge >= 0.3 is 0 Å². The van der Waals surface area contributed by atoms with Crippen LogP contribution >= 0.6 is 0 Å². The van der Waals surface area contributed by atoms with Crippen molar-refractivity contribution in [3.05, 3.63) is 41.2 Å². The minimum absolute atomic E-state index is 0.403. The Morgan fingerprint density at radius 3 is 3.00 bits per heavy atom. The summed E-state index contributed by atoms with van der Waals surface area (Å²) in [6, 6.07) is 4.60. The molecule has 0 amide bonds. The fourth-order valence-corrected chi connectivity index (χ4v) is 1.81. The van der Waals surface area contributed by atoms with Crippen LogP contribution in [0, 0.1) is 6.92 Å². The van der Waals surface area contributed by atoms with Crippen LogP contribution < -0.4 is 5.32 Å². The van der Waals surface area contributed by atoms with Crippen molar-refractivity contribution in [3.63, 3.8) is 0 Å². The van der Waals surface area contributed by atoms with Crippen LogP contribution in [0.5, 0.6) is 0 Å². The van der Waals surface area contributed by atoms with E-state index < -0.39 is 0 Å². The number of nitrogens with zero attached hydrogens (tertiary/aromatic N) is 1. The first-order valence-corrected chi connectivity index (χ1v) is 5.07. The highest BCUT2D eigenvalue weighted by Gasteiger charge is 2.15. The minimum Gasteiger partial charge on any atom is -0.305 e. The maximum absolute atomic E-state index is 4.41. The van der Waals surface area contributed by atoms with Gasteiger partial charge in [-0.1, -0.05) is 11.6 Å². The molecule has 2 heterocycles. The van der Waals surface area contributed by atoms with Crippen molar-refractivity contribution < 1.29 is 0 Å². The quantitative estimate of drug-likeness (QED) is 0.684. The van der Waals surface area contributed by atoms with Gasteiger partial charge in [-0.2, -0.15) is 0 Å². The number of aryl methyl sites for hydroxylation is 1. The molecule has 0 aliphatic carbocycles. The standard InChI is InChI=1S/C12H16N2/c1-9-3-5-13-11(7-9)12-8-10(2)4-6-14-12/h3-5,7,12,14H,6,8H2,1-2H3. The molecular formula is C12H16N2. The van der Waals surface area contributed by atoms with Gasteiger partial charge in [0.1, 0.15) is 0 Å². The zero-order valence-electron chi connectivity index (χ0n) is 8.75. The van der Waals surface area contributed by atoms with Gasteiger partial charge in [0.05, 0.1) is 11.7 Å². The third-order valence-electron chi connectivity index (χ3n) is 2.63. The second kappa shape index (κ2) is 3.93. The van der Waals surface area contributed by atoms with Gasteiger partial charge in [-0.05, 0) is 38.0 Å². The predicted octanol–water partition coefficient (Wildman–Crippen LogP) is 2.37. The van der Waals surface area contributed by atoms with Crippen molar-refractivity contribution in [1.29, 1.82) is 0 Å². The van der Waals surface area contributed by atoms with E-state index in [-0.39, 0.29) is 0 Å². The molecule has 1 N–H and O–H groups in total. The van der Waals surface area contributed by atoms with Gasteiger partial charge in [0.2, 0.25) is 0 Å². The first-order chi connectivity index (χ1) is 6.75. The van der Waals surface area contributed by atoms with E-state index in [0.29, 0.717) is 6.04 Å². The Morgan fingerprint density at radius 2 is 2.29 bits per heavy atom. The fraction of sp³-hybridized carbons (Fsp3) is 0.417. The molecule has 14 heavy (non-hydrogen) atoms. The lowest BCUT2D eigenvalue weighted by atomic mass is 10.00. The van der Waals surface area contributed by atoms with E-state index in [9.17, 15) is 0 Å². The summed E-state index contributed by atoms with van der Waals surface area (Å²) in [6.07, 6.45) is 5.21. The molecule has 2 heteroatoms. The van der Waals surface area contributed by atoms with Crippen LogP contribution in [0.25, 0.3) is 0 Å². The van der Waals surface area contributed by atoms with Gasteiger partial charge in [0.15, 0.2) is 0 Å². The van der Waals surface area contributed by atoms with Gasteiger partial charge in [-0.15, -0.1) is 0 Å². The molecule has 2 nitrogen and oxygen atoms in total. The Labute approximate surface area is 85.1 Å². The maximum atomic E-state index is 4.41. The van der Waals surface area contributed by atoms with Crippen molar-refractivity contribution in [2.45, 2.75) is 26.3 Å². The molecule has 0 saturated carbocycles. The summed E-state index contributed by atoms with van der Waals surface area (Å²) < 4.78 is 0. The fourth-order valence-electron chi connectivity index (χ4n) is 1.81. The normalized spacial score (nSPS) is 21.9. The number of hydrogen-bond donors (Lipinski definition) is 1. The number of aromatic nitrogens is 1. The summed E-state index contributed by atoms with van der Waals surface area (Å²) in [6.45, 7) is 5.26. The van der Waals surface area contributed by atoms with Crippen LogP contribution in [0.2, 0.25) is 0 Å². The molecule has 0 saturated heterocycles. The molecule has 0 aromatic carbocycles. The highest BCUT2D eigenvalue weighted by Crippen LogP contribution is 2.22. The number of rotatable bonds is 1. The molecule has 1 aromatic rings. The van der Waals surface area contributed by atoms with E-state index in [1.165, 1.54) is 11.1 Å². The van der Waals surface area contributed by atoms with Crippen LogP contribution in [-0.4, -0.2) is 11.5 Å². The first-order valence-electron chi connectivity index (χ1n) is 5.07. The van der Waals surface area contributed by atoms with E-state index in [1.807, 2.05) is 12.3 Å². The molecule has 1 aliphatic rings. The van der Waals surface area contributed by atoms with Crippen molar-refractivity contribution in [2.75, 3.05) is 6.54 Å². The predicted molar refractivity (Wildman–Crippen MR) is 58.1 cm³/mol. The van der Waals surface area contributed by atoms with Crippen LogP contribution in [0.1, 0.15) is 30.6 Å². The molecule has 0 radical (unpaired) electrons. The zero-order valence-corrected chi connectivity index (χ0v) is 8.75. The van der Waals surface area contributed by atoms with Crippen LogP contribution in [-0.2, 0) is 0 Å². The second-order valence-electron chi connectivity index (χ2n) is 3.97. The SMILES string of the molecule is CC1=CCNC(c2cc(C)ccn2)C1. The number of pyridine rings is 1.